The Kier molecular flexibility index (Phi) is 1.60. The highest BCUT2D eigenvalue weighted by Crippen LogP contribution is 2.46. The summed E-state index contributed by atoms with van der Waals surface area (Å²) >= 11 is 1.81. The average Bonchev–Trinajstić information content (AvgIpc) is 2.71. The van der Waals surface area contributed by atoms with Crippen molar-refractivity contribution < 1.29 is 0 Å². The Labute approximate surface area is 93.4 Å². The standard InChI is InChI=1S/C12H12N2S/c1-2-8-12-10(3-1)15-14-9-5-4-7(6-13-8)11(9)12/h3-5,9,12,14H,1-2,6H2. The summed E-state index contributed by atoms with van der Waals surface area (Å²) in [6.45, 7) is 0.911. The summed E-state index contributed by atoms with van der Waals surface area (Å²) in [6, 6.07) is 0.468. The molecule has 0 saturated carbocycles. The van der Waals surface area contributed by atoms with Gasteiger partial charge in [0.05, 0.1) is 18.5 Å². The van der Waals surface area contributed by atoms with Gasteiger partial charge in [-0.05, 0) is 35.9 Å². The molecule has 2 nitrogen and oxygen atoms in total. The van der Waals surface area contributed by atoms with Gasteiger partial charge in [-0.1, -0.05) is 18.2 Å². The van der Waals surface area contributed by atoms with Gasteiger partial charge in [0.25, 0.3) is 0 Å². The van der Waals surface area contributed by atoms with Gasteiger partial charge in [-0.2, -0.15) is 0 Å². The molecule has 0 amide bonds. The molecule has 2 unspecified atom stereocenters. The van der Waals surface area contributed by atoms with Crippen LogP contribution in [0.2, 0.25) is 0 Å². The maximum Gasteiger partial charge on any atom is 0.0640 e. The summed E-state index contributed by atoms with van der Waals surface area (Å²) in [6.07, 6.45) is 9.25. The molecule has 1 saturated heterocycles. The summed E-state index contributed by atoms with van der Waals surface area (Å²) in [5.74, 6) is 0.536. The Morgan fingerprint density at radius 3 is 3.47 bits per heavy atom. The molecule has 1 fully saturated rings. The number of dihydropyridines is 1. The van der Waals surface area contributed by atoms with Gasteiger partial charge < -0.3 is 0 Å². The predicted octanol–water partition coefficient (Wildman–Crippen LogP) is 2.22. The van der Waals surface area contributed by atoms with Crippen molar-refractivity contribution in [2.45, 2.75) is 18.9 Å². The van der Waals surface area contributed by atoms with Crippen molar-refractivity contribution in [3.05, 3.63) is 34.3 Å². The molecule has 15 heavy (non-hydrogen) atoms. The van der Waals surface area contributed by atoms with Crippen LogP contribution >= 0.6 is 11.9 Å². The minimum absolute atomic E-state index is 0.468. The lowest BCUT2D eigenvalue weighted by atomic mass is 9.81. The van der Waals surface area contributed by atoms with Gasteiger partial charge in [0, 0.05) is 10.6 Å². The van der Waals surface area contributed by atoms with Crippen LogP contribution in [0.1, 0.15) is 12.8 Å². The van der Waals surface area contributed by atoms with Crippen LogP contribution in [0.5, 0.6) is 0 Å². The molecular weight excluding hydrogens is 204 g/mol. The molecule has 2 heterocycles. The van der Waals surface area contributed by atoms with Crippen LogP contribution in [0.15, 0.2) is 39.3 Å². The fraction of sp³-hybridized carbons (Fsp3) is 0.417. The van der Waals surface area contributed by atoms with E-state index in [1.807, 2.05) is 11.9 Å². The monoisotopic (exact) mass is 216 g/mol. The van der Waals surface area contributed by atoms with E-state index in [1.54, 1.807) is 5.57 Å². The molecule has 0 aromatic carbocycles. The Morgan fingerprint density at radius 2 is 2.47 bits per heavy atom. The van der Waals surface area contributed by atoms with E-state index in [4.69, 9.17) is 4.99 Å². The Balaban J connectivity index is 1.91. The predicted molar refractivity (Wildman–Crippen MR) is 63.8 cm³/mol. The molecular formula is C12H12N2S. The smallest absolute Gasteiger partial charge is 0.0640 e. The van der Waals surface area contributed by atoms with Gasteiger partial charge in [0.2, 0.25) is 0 Å². The Hall–Kier alpha value is -0.800. The minimum atomic E-state index is 0.468. The van der Waals surface area contributed by atoms with Crippen molar-refractivity contribution in [1.29, 1.82) is 0 Å². The van der Waals surface area contributed by atoms with Crippen LogP contribution in [0.3, 0.4) is 0 Å². The first kappa shape index (κ1) is 8.36. The first-order valence-corrected chi connectivity index (χ1v) is 6.32. The van der Waals surface area contributed by atoms with E-state index < -0.39 is 0 Å². The number of hydrogen-bond acceptors (Lipinski definition) is 3. The van der Waals surface area contributed by atoms with Gasteiger partial charge in [-0.25, -0.2) is 4.72 Å². The zero-order valence-corrected chi connectivity index (χ0v) is 9.18. The maximum absolute atomic E-state index is 4.74. The molecule has 4 aliphatic rings. The van der Waals surface area contributed by atoms with Crippen molar-refractivity contribution >= 4 is 17.7 Å². The lowest BCUT2D eigenvalue weighted by Crippen LogP contribution is -2.39. The van der Waals surface area contributed by atoms with Gasteiger partial charge in [0.15, 0.2) is 0 Å². The van der Waals surface area contributed by atoms with Crippen molar-refractivity contribution in [1.82, 2.24) is 4.72 Å². The van der Waals surface area contributed by atoms with Gasteiger partial charge >= 0.3 is 0 Å². The third-order valence-electron chi connectivity index (χ3n) is 3.63. The second-order valence-corrected chi connectivity index (χ2v) is 5.33. The van der Waals surface area contributed by atoms with E-state index in [0.29, 0.717) is 12.0 Å². The summed E-state index contributed by atoms with van der Waals surface area (Å²) < 4.78 is 3.51. The SMILES string of the molecule is C1=CC2NSC3=CCCC4=NCC1=C2C34. The highest BCUT2D eigenvalue weighted by molar-refractivity contribution is 8.01. The van der Waals surface area contributed by atoms with Crippen LogP contribution in [-0.4, -0.2) is 18.3 Å². The average molecular weight is 216 g/mol. The molecule has 0 radical (unpaired) electrons. The van der Waals surface area contributed by atoms with Crippen LogP contribution < -0.4 is 4.72 Å². The number of allylic oxidation sites excluding steroid dienone is 2. The van der Waals surface area contributed by atoms with Crippen molar-refractivity contribution in [3.8, 4) is 0 Å². The van der Waals surface area contributed by atoms with E-state index in [1.165, 1.54) is 22.6 Å². The van der Waals surface area contributed by atoms with Crippen LogP contribution in [0.25, 0.3) is 0 Å². The van der Waals surface area contributed by atoms with Gasteiger partial charge in [0.1, 0.15) is 0 Å². The number of aliphatic imine (C=N–C) groups is 1. The first-order chi connectivity index (χ1) is 7.43. The topological polar surface area (TPSA) is 24.4 Å². The lowest BCUT2D eigenvalue weighted by Gasteiger charge is -2.37. The van der Waals surface area contributed by atoms with E-state index >= 15 is 0 Å². The Bertz CT molecular complexity index is 456. The highest BCUT2D eigenvalue weighted by Gasteiger charge is 2.40. The quantitative estimate of drug-likeness (QED) is 0.628. The van der Waals surface area contributed by atoms with Crippen LogP contribution in [0.4, 0.5) is 0 Å². The van der Waals surface area contributed by atoms with E-state index in [9.17, 15) is 0 Å². The highest BCUT2D eigenvalue weighted by atomic mass is 32.2. The fourth-order valence-corrected chi connectivity index (χ4v) is 3.98. The molecule has 2 aliphatic carbocycles. The molecule has 2 atom stereocenters. The summed E-state index contributed by atoms with van der Waals surface area (Å²) in [7, 11) is 0. The van der Waals surface area contributed by atoms with E-state index in [2.05, 4.69) is 23.0 Å². The third kappa shape index (κ3) is 1.02. The lowest BCUT2D eigenvalue weighted by molar-refractivity contribution is 0.733. The first-order valence-electron chi connectivity index (χ1n) is 5.50. The number of nitrogens with zero attached hydrogens (tertiary/aromatic N) is 1. The number of rotatable bonds is 0. The van der Waals surface area contributed by atoms with Crippen molar-refractivity contribution in [2.75, 3.05) is 6.54 Å². The van der Waals surface area contributed by atoms with Crippen molar-refractivity contribution in [3.63, 3.8) is 0 Å². The molecule has 0 bridgehead atoms. The summed E-state index contributed by atoms with van der Waals surface area (Å²) in [5.41, 5.74) is 4.47. The number of hydrogen-bond donors (Lipinski definition) is 1. The molecule has 0 spiro atoms. The minimum Gasteiger partial charge on any atom is -0.288 e. The third-order valence-corrected chi connectivity index (χ3v) is 4.64. The second kappa shape index (κ2) is 2.86. The molecule has 2 aliphatic heterocycles. The molecule has 1 N–H and O–H groups in total. The van der Waals surface area contributed by atoms with Crippen LogP contribution in [-0.2, 0) is 0 Å². The molecule has 0 aromatic rings. The van der Waals surface area contributed by atoms with Crippen molar-refractivity contribution in [2.24, 2.45) is 10.9 Å². The van der Waals surface area contributed by atoms with E-state index in [-0.39, 0.29) is 0 Å². The molecule has 4 rings (SSSR count). The molecule has 0 aromatic heterocycles. The molecule has 3 heteroatoms. The van der Waals surface area contributed by atoms with Crippen LogP contribution in [0, 0.1) is 5.92 Å². The second-order valence-electron chi connectivity index (χ2n) is 4.42. The van der Waals surface area contributed by atoms with Gasteiger partial charge in [-0.3, -0.25) is 4.99 Å². The Morgan fingerprint density at radius 1 is 1.47 bits per heavy atom. The maximum atomic E-state index is 4.74. The zero-order valence-electron chi connectivity index (χ0n) is 8.36. The summed E-state index contributed by atoms with van der Waals surface area (Å²) in [4.78, 5) is 6.22. The fourth-order valence-electron chi connectivity index (χ4n) is 2.93. The largest absolute Gasteiger partial charge is 0.288 e. The van der Waals surface area contributed by atoms with Gasteiger partial charge in [-0.15, -0.1) is 0 Å². The van der Waals surface area contributed by atoms with E-state index in [0.717, 1.165) is 13.0 Å². The molecule has 76 valence electrons. The number of nitrogens with one attached hydrogen (secondary N) is 1. The zero-order chi connectivity index (χ0) is 9.83. The summed E-state index contributed by atoms with van der Waals surface area (Å²) in [5, 5.41) is 0. The normalized spacial score (nSPS) is 36.3.